The summed E-state index contributed by atoms with van der Waals surface area (Å²) in [6, 6.07) is 3.56. The topological polar surface area (TPSA) is 42.4 Å². The third-order valence-corrected chi connectivity index (χ3v) is 1.78. The molecule has 76 valence electrons. The molecule has 0 bridgehead atoms. The van der Waals surface area contributed by atoms with Crippen LogP contribution in [0.4, 0.5) is 0 Å². The molecule has 0 unspecified atom stereocenters. The first-order chi connectivity index (χ1) is 6.86. The summed E-state index contributed by atoms with van der Waals surface area (Å²) in [6.07, 6.45) is 5.39. The second-order valence-corrected chi connectivity index (χ2v) is 2.94. The second-order valence-electron chi connectivity index (χ2n) is 2.94. The Balaban J connectivity index is 2.32. The van der Waals surface area contributed by atoms with Gasteiger partial charge in [0.2, 0.25) is 5.88 Å². The van der Waals surface area contributed by atoms with E-state index in [9.17, 15) is 0 Å². The molecule has 0 aromatic carbocycles. The molecule has 1 rings (SSSR count). The molecule has 14 heavy (non-hydrogen) atoms. The Bertz CT molecular complexity index is 269. The molecule has 0 fully saturated rings. The number of allylic oxidation sites excluding steroid dienone is 1. The highest BCUT2D eigenvalue weighted by Gasteiger charge is 1.95. The number of aliphatic hydroxyl groups excluding tert-OH is 1. The Morgan fingerprint density at radius 1 is 1.50 bits per heavy atom. The van der Waals surface area contributed by atoms with Gasteiger partial charge in [0.05, 0.1) is 13.2 Å². The zero-order chi connectivity index (χ0) is 10.2. The lowest BCUT2D eigenvalue weighted by Crippen LogP contribution is -1.98. The Labute approximate surface area is 84.1 Å². The van der Waals surface area contributed by atoms with Crippen molar-refractivity contribution in [1.29, 1.82) is 0 Å². The number of nitrogens with zero attached hydrogens (tertiary/aromatic N) is 1. The van der Waals surface area contributed by atoms with Crippen molar-refractivity contribution in [3.8, 4) is 5.88 Å². The normalized spacial score (nSPS) is 9.79. The van der Waals surface area contributed by atoms with E-state index in [1.165, 1.54) is 0 Å². The van der Waals surface area contributed by atoms with Gasteiger partial charge in [0, 0.05) is 12.3 Å². The van der Waals surface area contributed by atoms with Crippen molar-refractivity contribution >= 4 is 0 Å². The van der Waals surface area contributed by atoms with Gasteiger partial charge in [-0.25, -0.2) is 4.98 Å². The van der Waals surface area contributed by atoms with Crippen LogP contribution >= 0.6 is 0 Å². The van der Waals surface area contributed by atoms with Crippen LogP contribution in [0.25, 0.3) is 0 Å². The van der Waals surface area contributed by atoms with Crippen LogP contribution < -0.4 is 4.74 Å². The number of hydrogen-bond donors (Lipinski definition) is 1. The Morgan fingerprint density at radius 2 is 2.36 bits per heavy atom. The molecule has 1 heterocycles. The maximum absolute atomic E-state index is 8.78. The lowest BCUT2D eigenvalue weighted by atomic mass is 10.3. The Hall–Kier alpha value is -1.35. The van der Waals surface area contributed by atoms with Crippen molar-refractivity contribution in [3.63, 3.8) is 0 Å². The average Bonchev–Trinajstić information content (AvgIpc) is 2.25. The molecule has 1 aromatic rings. The monoisotopic (exact) mass is 193 g/mol. The zero-order valence-electron chi connectivity index (χ0n) is 8.15. The molecule has 0 saturated carbocycles. The van der Waals surface area contributed by atoms with Crippen LogP contribution in [0, 0.1) is 0 Å². The van der Waals surface area contributed by atoms with Gasteiger partial charge in [0.15, 0.2) is 0 Å². The number of rotatable bonds is 6. The predicted octanol–water partition coefficient (Wildman–Crippen LogP) is 1.92. The standard InChI is InChI=1S/C11H15NO2/c1-2-3-4-7-14-11-6-5-10(9-13)8-12-11/h2,5-6,8,13H,1,3-4,7,9H2. The van der Waals surface area contributed by atoms with Crippen molar-refractivity contribution < 1.29 is 9.84 Å². The van der Waals surface area contributed by atoms with Gasteiger partial charge in [-0.2, -0.15) is 0 Å². The maximum Gasteiger partial charge on any atom is 0.213 e. The molecule has 3 heteroatoms. The summed E-state index contributed by atoms with van der Waals surface area (Å²) in [5.41, 5.74) is 0.795. The summed E-state index contributed by atoms with van der Waals surface area (Å²) in [5, 5.41) is 8.78. The molecule has 0 aliphatic rings. The molecule has 3 nitrogen and oxygen atoms in total. The third kappa shape index (κ3) is 3.58. The number of unbranched alkanes of at least 4 members (excludes halogenated alkanes) is 1. The van der Waals surface area contributed by atoms with Crippen molar-refractivity contribution in [2.75, 3.05) is 6.61 Å². The van der Waals surface area contributed by atoms with E-state index >= 15 is 0 Å². The molecule has 1 aromatic heterocycles. The van der Waals surface area contributed by atoms with E-state index < -0.39 is 0 Å². The lowest BCUT2D eigenvalue weighted by molar-refractivity contribution is 0.279. The number of pyridine rings is 1. The fourth-order valence-corrected chi connectivity index (χ4v) is 0.994. The van der Waals surface area contributed by atoms with Crippen molar-refractivity contribution in [2.24, 2.45) is 0 Å². The van der Waals surface area contributed by atoms with Crippen LogP contribution in [0.2, 0.25) is 0 Å². The minimum Gasteiger partial charge on any atom is -0.478 e. The number of ether oxygens (including phenoxy) is 1. The highest BCUT2D eigenvalue weighted by atomic mass is 16.5. The van der Waals surface area contributed by atoms with Crippen molar-refractivity contribution in [1.82, 2.24) is 4.98 Å². The molecule has 1 N–H and O–H groups in total. The van der Waals surface area contributed by atoms with Crippen molar-refractivity contribution in [2.45, 2.75) is 19.4 Å². The summed E-state index contributed by atoms with van der Waals surface area (Å²) in [4.78, 5) is 4.04. The zero-order valence-corrected chi connectivity index (χ0v) is 8.15. The summed E-state index contributed by atoms with van der Waals surface area (Å²) >= 11 is 0. The largest absolute Gasteiger partial charge is 0.478 e. The van der Waals surface area contributed by atoms with Gasteiger partial charge >= 0.3 is 0 Å². The molecule has 0 aliphatic carbocycles. The van der Waals surface area contributed by atoms with Gasteiger partial charge in [-0.3, -0.25) is 0 Å². The Kier molecular flexibility index (Phi) is 4.72. The fraction of sp³-hybridized carbons (Fsp3) is 0.364. The van der Waals surface area contributed by atoms with E-state index in [2.05, 4.69) is 11.6 Å². The van der Waals surface area contributed by atoms with Crippen LogP contribution in [0.15, 0.2) is 31.0 Å². The van der Waals surface area contributed by atoms with Crippen molar-refractivity contribution in [3.05, 3.63) is 36.5 Å². The van der Waals surface area contributed by atoms with Crippen LogP contribution in [0.5, 0.6) is 5.88 Å². The predicted molar refractivity (Wildman–Crippen MR) is 55.1 cm³/mol. The van der Waals surface area contributed by atoms with Gasteiger partial charge in [0.1, 0.15) is 0 Å². The molecule has 0 spiro atoms. The van der Waals surface area contributed by atoms with E-state index in [0.717, 1.165) is 18.4 Å². The van der Waals surface area contributed by atoms with Gasteiger partial charge in [-0.15, -0.1) is 6.58 Å². The summed E-state index contributed by atoms with van der Waals surface area (Å²) in [7, 11) is 0. The number of aliphatic hydroxyl groups is 1. The molecule has 0 aliphatic heterocycles. The minimum atomic E-state index is 0.0176. The second kappa shape index (κ2) is 6.16. The minimum absolute atomic E-state index is 0.0176. The highest BCUT2D eigenvalue weighted by Crippen LogP contribution is 2.07. The first kappa shape index (κ1) is 10.7. The van der Waals surface area contributed by atoms with Crippen LogP contribution in [-0.2, 0) is 6.61 Å². The van der Waals surface area contributed by atoms with E-state index in [-0.39, 0.29) is 6.61 Å². The molecule has 0 radical (unpaired) electrons. The van der Waals surface area contributed by atoms with E-state index in [4.69, 9.17) is 9.84 Å². The van der Waals surface area contributed by atoms with E-state index in [1.54, 1.807) is 18.3 Å². The van der Waals surface area contributed by atoms with Crippen LogP contribution in [0.1, 0.15) is 18.4 Å². The smallest absolute Gasteiger partial charge is 0.213 e. The summed E-state index contributed by atoms with van der Waals surface area (Å²) in [5.74, 6) is 0.603. The molecular formula is C11H15NO2. The SMILES string of the molecule is C=CCCCOc1ccc(CO)cn1. The summed E-state index contributed by atoms with van der Waals surface area (Å²) < 4.78 is 5.37. The number of aromatic nitrogens is 1. The fourth-order valence-electron chi connectivity index (χ4n) is 0.994. The van der Waals surface area contributed by atoms with Gasteiger partial charge in [-0.1, -0.05) is 6.08 Å². The first-order valence-corrected chi connectivity index (χ1v) is 4.66. The molecule has 0 saturated heterocycles. The Morgan fingerprint density at radius 3 is 2.93 bits per heavy atom. The average molecular weight is 193 g/mol. The van der Waals surface area contributed by atoms with E-state index in [0.29, 0.717) is 12.5 Å². The number of hydrogen-bond acceptors (Lipinski definition) is 3. The summed E-state index contributed by atoms with van der Waals surface area (Å²) in [6.45, 7) is 4.30. The first-order valence-electron chi connectivity index (χ1n) is 4.66. The van der Waals surface area contributed by atoms with Gasteiger partial charge in [-0.05, 0) is 24.5 Å². The van der Waals surface area contributed by atoms with Crippen LogP contribution in [-0.4, -0.2) is 16.7 Å². The van der Waals surface area contributed by atoms with Crippen LogP contribution in [0.3, 0.4) is 0 Å². The molecular weight excluding hydrogens is 178 g/mol. The molecule has 0 amide bonds. The highest BCUT2D eigenvalue weighted by molar-refractivity contribution is 5.16. The van der Waals surface area contributed by atoms with Gasteiger partial charge < -0.3 is 9.84 Å². The molecule has 0 atom stereocenters. The third-order valence-electron chi connectivity index (χ3n) is 1.78. The maximum atomic E-state index is 8.78. The van der Waals surface area contributed by atoms with E-state index in [1.807, 2.05) is 6.08 Å². The van der Waals surface area contributed by atoms with Gasteiger partial charge in [0.25, 0.3) is 0 Å². The quantitative estimate of drug-likeness (QED) is 0.554. The lowest BCUT2D eigenvalue weighted by Gasteiger charge is -2.03.